The molecule has 3 amide bonds. The second kappa shape index (κ2) is 8.45. The first kappa shape index (κ1) is 19.1. The topological polar surface area (TPSA) is 79.0 Å². The molecule has 2 aliphatic heterocycles. The molecule has 0 aromatic heterocycles. The van der Waals surface area contributed by atoms with E-state index in [1.165, 1.54) is 5.69 Å². The van der Waals surface area contributed by atoms with Crippen molar-refractivity contribution in [3.05, 3.63) is 65.2 Å². The molecule has 1 saturated heterocycles. The molecule has 7 nitrogen and oxygen atoms in total. The Morgan fingerprint density at radius 2 is 1.55 bits per heavy atom. The molecule has 0 atom stereocenters. The standard InChI is InChI=1S/C22H23N3O4/c26-20(15-25-21(27)18-3-1-2-4-19(18)22(25)28)23-10-9-16-5-7-17(8-6-16)24-11-13-29-14-12-24/h1-8H,9-15H2,(H,23,26). The van der Waals surface area contributed by atoms with Crippen LogP contribution >= 0.6 is 0 Å². The number of morpholine rings is 1. The van der Waals surface area contributed by atoms with Gasteiger partial charge in [-0.05, 0) is 36.2 Å². The van der Waals surface area contributed by atoms with Gasteiger partial charge in [-0.25, -0.2) is 0 Å². The molecule has 0 unspecified atom stereocenters. The monoisotopic (exact) mass is 393 g/mol. The molecule has 1 N–H and O–H groups in total. The summed E-state index contributed by atoms with van der Waals surface area (Å²) in [7, 11) is 0. The fourth-order valence-electron chi connectivity index (χ4n) is 3.62. The zero-order valence-electron chi connectivity index (χ0n) is 16.1. The maximum atomic E-state index is 12.3. The van der Waals surface area contributed by atoms with Gasteiger partial charge in [0.1, 0.15) is 6.54 Å². The van der Waals surface area contributed by atoms with Gasteiger partial charge in [0.05, 0.1) is 24.3 Å². The van der Waals surface area contributed by atoms with Crippen molar-refractivity contribution >= 4 is 23.4 Å². The SMILES string of the molecule is O=C(CN1C(=O)c2ccccc2C1=O)NCCc1ccc(N2CCOCC2)cc1. The normalized spacial score (nSPS) is 16.1. The van der Waals surface area contributed by atoms with E-state index in [4.69, 9.17) is 4.74 Å². The van der Waals surface area contributed by atoms with Gasteiger partial charge in [-0.15, -0.1) is 0 Å². The van der Waals surface area contributed by atoms with Crippen LogP contribution < -0.4 is 10.2 Å². The minimum Gasteiger partial charge on any atom is -0.378 e. The third-order valence-corrected chi connectivity index (χ3v) is 5.23. The molecule has 150 valence electrons. The largest absolute Gasteiger partial charge is 0.378 e. The molecule has 2 aromatic rings. The number of hydrogen-bond acceptors (Lipinski definition) is 5. The molecule has 0 spiro atoms. The number of nitrogens with one attached hydrogen (secondary N) is 1. The van der Waals surface area contributed by atoms with Crippen LogP contribution in [-0.4, -0.2) is 62.0 Å². The number of anilines is 1. The summed E-state index contributed by atoms with van der Waals surface area (Å²) >= 11 is 0. The van der Waals surface area contributed by atoms with Crippen molar-refractivity contribution in [1.82, 2.24) is 10.2 Å². The molecule has 2 aromatic carbocycles. The number of carbonyl (C=O) groups is 3. The van der Waals surface area contributed by atoms with Crippen LogP contribution in [0.2, 0.25) is 0 Å². The summed E-state index contributed by atoms with van der Waals surface area (Å²) in [4.78, 5) is 40.1. The second-order valence-corrected chi connectivity index (χ2v) is 7.11. The van der Waals surface area contributed by atoms with Gasteiger partial charge in [-0.3, -0.25) is 19.3 Å². The van der Waals surface area contributed by atoms with Gasteiger partial charge in [0.25, 0.3) is 11.8 Å². The summed E-state index contributed by atoms with van der Waals surface area (Å²) in [5, 5.41) is 2.79. The molecule has 0 radical (unpaired) electrons. The number of amides is 3. The van der Waals surface area contributed by atoms with E-state index in [9.17, 15) is 14.4 Å². The van der Waals surface area contributed by atoms with Crippen LogP contribution in [0.15, 0.2) is 48.5 Å². The molecular formula is C22H23N3O4. The summed E-state index contributed by atoms with van der Waals surface area (Å²) in [6.45, 7) is 3.48. The van der Waals surface area contributed by atoms with E-state index in [0.717, 1.165) is 36.8 Å². The predicted octanol–water partition coefficient (Wildman–Crippen LogP) is 1.48. The molecule has 2 heterocycles. The third kappa shape index (κ3) is 4.14. The Morgan fingerprint density at radius 3 is 2.17 bits per heavy atom. The highest BCUT2D eigenvalue weighted by molar-refractivity contribution is 6.22. The number of imide groups is 1. The summed E-state index contributed by atoms with van der Waals surface area (Å²) in [5.41, 5.74) is 2.99. The zero-order chi connectivity index (χ0) is 20.2. The first-order chi connectivity index (χ1) is 14.1. The Kier molecular flexibility index (Phi) is 5.57. The zero-order valence-corrected chi connectivity index (χ0v) is 16.1. The fourth-order valence-corrected chi connectivity index (χ4v) is 3.62. The minimum absolute atomic E-state index is 0.262. The van der Waals surface area contributed by atoms with E-state index in [1.54, 1.807) is 24.3 Å². The lowest BCUT2D eigenvalue weighted by atomic mass is 10.1. The Bertz CT molecular complexity index is 885. The lowest BCUT2D eigenvalue weighted by molar-refractivity contribution is -0.121. The van der Waals surface area contributed by atoms with Crippen LogP contribution in [0.25, 0.3) is 0 Å². The van der Waals surface area contributed by atoms with Crippen molar-refractivity contribution in [2.45, 2.75) is 6.42 Å². The van der Waals surface area contributed by atoms with E-state index in [-0.39, 0.29) is 12.5 Å². The molecule has 29 heavy (non-hydrogen) atoms. The number of hydrogen-bond donors (Lipinski definition) is 1. The predicted molar refractivity (Wildman–Crippen MR) is 108 cm³/mol. The number of nitrogens with zero attached hydrogens (tertiary/aromatic N) is 2. The van der Waals surface area contributed by atoms with E-state index in [1.807, 2.05) is 0 Å². The average Bonchev–Trinajstić information content (AvgIpc) is 3.00. The smallest absolute Gasteiger partial charge is 0.262 e. The van der Waals surface area contributed by atoms with Gasteiger partial charge in [0, 0.05) is 25.3 Å². The summed E-state index contributed by atoms with van der Waals surface area (Å²) in [6, 6.07) is 14.9. The van der Waals surface area contributed by atoms with Crippen molar-refractivity contribution in [1.29, 1.82) is 0 Å². The van der Waals surface area contributed by atoms with Gasteiger partial charge in [-0.2, -0.15) is 0 Å². The molecular weight excluding hydrogens is 370 g/mol. The van der Waals surface area contributed by atoms with Crippen molar-refractivity contribution in [3.8, 4) is 0 Å². The third-order valence-electron chi connectivity index (χ3n) is 5.23. The first-order valence-corrected chi connectivity index (χ1v) is 9.77. The van der Waals surface area contributed by atoms with Gasteiger partial charge < -0.3 is 15.0 Å². The van der Waals surface area contributed by atoms with Gasteiger partial charge >= 0.3 is 0 Å². The molecule has 0 bridgehead atoms. The summed E-state index contributed by atoms with van der Waals surface area (Å²) < 4.78 is 5.37. The molecule has 2 aliphatic rings. The number of benzene rings is 2. The van der Waals surface area contributed by atoms with Crippen molar-refractivity contribution in [2.24, 2.45) is 0 Å². The van der Waals surface area contributed by atoms with Crippen LogP contribution in [0, 0.1) is 0 Å². The van der Waals surface area contributed by atoms with Gasteiger partial charge in [0.15, 0.2) is 0 Å². The number of fused-ring (bicyclic) bond motifs is 1. The highest BCUT2D eigenvalue weighted by Gasteiger charge is 2.36. The number of rotatable bonds is 6. The summed E-state index contributed by atoms with van der Waals surface area (Å²) in [5.74, 6) is -1.18. The maximum absolute atomic E-state index is 12.3. The minimum atomic E-state index is -0.417. The van der Waals surface area contributed by atoms with Crippen LogP contribution in [0.5, 0.6) is 0 Å². The Balaban J connectivity index is 1.25. The Morgan fingerprint density at radius 1 is 0.931 bits per heavy atom. The van der Waals surface area contributed by atoms with E-state index in [0.29, 0.717) is 24.1 Å². The quantitative estimate of drug-likeness (QED) is 0.752. The first-order valence-electron chi connectivity index (χ1n) is 9.77. The van der Waals surface area contributed by atoms with Crippen LogP contribution in [0.3, 0.4) is 0 Å². The Labute approximate surface area is 169 Å². The number of ether oxygens (including phenoxy) is 1. The van der Waals surface area contributed by atoms with Crippen molar-refractivity contribution in [3.63, 3.8) is 0 Å². The lowest BCUT2D eigenvalue weighted by Gasteiger charge is -2.28. The molecule has 1 fully saturated rings. The highest BCUT2D eigenvalue weighted by atomic mass is 16.5. The fraction of sp³-hybridized carbons (Fsp3) is 0.318. The van der Waals surface area contributed by atoms with E-state index in [2.05, 4.69) is 34.5 Å². The molecule has 0 aliphatic carbocycles. The van der Waals surface area contributed by atoms with E-state index >= 15 is 0 Å². The van der Waals surface area contributed by atoms with Crippen LogP contribution in [0.4, 0.5) is 5.69 Å². The van der Waals surface area contributed by atoms with Crippen molar-refractivity contribution < 1.29 is 19.1 Å². The van der Waals surface area contributed by atoms with Gasteiger partial charge in [-0.1, -0.05) is 24.3 Å². The Hall–Kier alpha value is -3.19. The molecule has 4 rings (SSSR count). The van der Waals surface area contributed by atoms with Crippen LogP contribution in [-0.2, 0) is 16.0 Å². The van der Waals surface area contributed by atoms with Crippen LogP contribution in [0.1, 0.15) is 26.3 Å². The average molecular weight is 393 g/mol. The van der Waals surface area contributed by atoms with Gasteiger partial charge in [0.2, 0.25) is 5.91 Å². The highest BCUT2D eigenvalue weighted by Crippen LogP contribution is 2.22. The van der Waals surface area contributed by atoms with Crippen molar-refractivity contribution in [2.75, 3.05) is 44.3 Å². The molecule has 0 saturated carbocycles. The summed E-state index contributed by atoms with van der Waals surface area (Å²) in [6.07, 6.45) is 0.678. The maximum Gasteiger partial charge on any atom is 0.262 e. The second-order valence-electron chi connectivity index (χ2n) is 7.11. The molecule has 7 heteroatoms. The number of carbonyl (C=O) groups excluding carboxylic acids is 3. The lowest BCUT2D eigenvalue weighted by Crippen LogP contribution is -2.40. The van der Waals surface area contributed by atoms with E-state index < -0.39 is 11.8 Å².